The van der Waals surface area contributed by atoms with Crippen LogP contribution < -0.4 is 5.73 Å². The second-order valence-electron chi connectivity index (χ2n) is 4.36. The number of hydrogen-bond acceptors (Lipinski definition) is 3. The number of unbranched alkanes of at least 4 members (excludes halogenated alkanes) is 3. The summed E-state index contributed by atoms with van der Waals surface area (Å²) in [6, 6.07) is 0. The molecule has 1 amide bonds. The molecule has 0 radical (unpaired) electrons. The minimum absolute atomic E-state index is 0.170. The highest BCUT2D eigenvalue weighted by Gasteiger charge is 2.22. The Balaban J connectivity index is 2.22. The highest BCUT2D eigenvalue weighted by Crippen LogP contribution is 2.21. The van der Waals surface area contributed by atoms with Gasteiger partial charge in [-0.15, -0.1) is 0 Å². The van der Waals surface area contributed by atoms with Gasteiger partial charge in [-0.2, -0.15) is 0 Å². The molecule has 0 saturated carbocycles. The van der Waals surface area contributed by atoms with Crippen LogP contribution in [0.2, 0.25) is 0 Å². The first kappa shape index (κ1) is 14.4. The molecule has 0 aromatic carbocycles. The molecule has 17 heavy (non-hydrogen) atoms. The average molecular weight is 304 g/mol. The Hall–Kier alpha value is -0.710. The molecule has 0 bridgehead atoms. The zero-order valence-corrected chi connectivity index (χ0v) is 12.0. The summed E-state index contributed by atoms with van der Waals surface area (Å²) < 4.78 is 0. The lowest BCUT2D eigenvalue weighted by Gasteiger charge is -2.27. The van der Waals surface area contributed by atoms with E-state index in [0.717, 1.165) is 6.54 Å². The van der Waals surface area contributed by atoms with E-state index in [1.807, 2.05) is 6.20 Å². The van der Waals surface area contributed by atoms with Gasteiger partial charge in [0.25, 0.3) is 0 Å². The van der Waals surface area contributed by atoms with Crippen molar-refractivity contribution in [3.05, 3.63) is 12.4 Å². The average Bonchev–Trinajstić information content (AvgIpc) is 2.63. The van der Waals surface area contributed by atoms with Gasteiger partial charge >= 0.3 is 0 Å². The lowest BCUT2D eigenvalue weighted by Crippen LogP contribution is -2.35. The Morgan fingerprint density at radius 3 is 2.47 bits per heavy atom. The van der Waals surface area contributed by atoms with Crippen molar-refractivity contribution in [2.24, 2.45) is 5.73 Å². The summed E-state index contributed by atoms with van der Waals surface area (Å²) in [4.78, 5) is 15.1. The van der Waals surface area contributed by atoms with Crippen molar-refractivity contribution < 1.29 is 4.79 Å². The highest BCUT2D eigenvalue weighted by atomic mass is 79.9. The van der Waals surface area contributed by atoms with Crippen LogP contribution in [0.1, 0.15) is 39.0 Å². The molecule has 1 aliphatic rings. The van der Waals surface area contributed by atoms with Crippen LogP contribution in [-0.2, 0) is 4.79 Å². The number of amides is 1. The summed E-state index contributed by atoms with van der Waals surface area (Å²) in [6.45, 7) is 3.95. The van der Waals surface area contributed by atoms with E-state index in [2.05, 4.69) is 38.9 Å². The molecular formula is C12H22BrN3O. The summed E-state index contributed by atoms with van der Waals surface area (Å²) in [5, 5.41) is 0.170. The monoisotopic (exact) mass is 303 g/mol. The van der Waals surface area contributed by atoms with Crippen LogP contribution in [0.5, 0.6) is 0 Å². The molecule has 5 heteroatoms. The molecule has 2 N–H and O–H groups in total. The maximum atomic E-state index is 10.7. The van der Waals surface area contributed by atoms with E-state index < -0.39 is 0 Å². The smallest absolute Gasteiger partial charge is 0.219 e. The van der Waals surface area contributed by atoms with Gasteiger partial charge in [0, 0.05) is 31.9 Å². The van der Waals surface area contributed by atoms with Crippen LogP contribution in [0.3, 0.4) is 0 Å². The quantitative estimate of drug-likeness (QED) is 0.425. The number of nitrogens with zero attached hydrogens (tertiary/aromatic N) is 2. The molecule has 1 heterocycles. The number of carbonyl (C=O) groups excluding carboxylic acids is 1. The van der Waals surface area contributed by atoms with Gasteiger partial charge in [-0.25, -0.2) is 0 Å². The van der Waals surface area contributed by atoms with Crippen molar-refractivity contribution in [2.75, 3.05) is 13.1 Å². The fraction of sp³-hybridized carbons (Fsp3) is 0.750. The van der Waals surface area contributed by atoms with E-state index in [0.29, 0.717) is 13.0 Å². The summed E-state index contributed by atoms with van der Waals surface area (Å²) in [6.07, 6.45) is 9.55. The van der Waals surface area contributed by atoms with Crippen LogP contribution in [0, 0.1) is 0 Å². The number of nitrogens with two attached hydrogens (primary N) is 1. The molecule has 1 unspecified atom stereocenters. The van der Waals surface area contributed by atoms with Gasteiger partial charge in [-0.05, 0) is 22.4 Å². The first-order valence-corrected chi connectivity index (χ1v) is 7.19. The second-order valence-corrected chi connectivity index (χ2v) is 5.18. The van der Waals surface area contributed by atoms with Crippen molar-refractivity contribution in [3.8, 4) is 0 Å². The Morgan fingerprint density at radius 2 is 1.88 bits per heavy atom. The number of carbonyl (C=O) groups is 1. The molecule has 98 valence electrons. The van der Waals surface area contributed by atoms with Crippen LogP contribution in [0.4, 0.5) is 0 Å². The molecule has 1 rings (SSSR count). The van der Waals surface area contributed by atoms with Gasteiger partial charge in [0.05, 0.1) is 0 Å². The molecule has 1 aliphatic heterocycles. The Bertz CT molecular complexity index is 270. The summed E-state index contributed by atoms with van der Waals surface area (Å²) >= 11 is 3.63. The van der Waals surface area contributed by atoms with Crippen molar-refractivity contribution in [3.63, 3.8) is 0 Å². The fourth-order valence-electron chi connectivity index (χ4n) is 1.83. The summed E-state index contributed by atoms with van der Waals surface area (Å²) in [5.74, 6) is -0.250. The number of primary amides is 1. The third-order valence-electron chi connectivity index (χ3n) is 2.88. The summed E-state index contributed by atoms with van der Waals surface area (Å²) in [5.41, 5.74) is 5.15. The molecule has 4 nitrogen and oxygen atoms in total. The minimum Gasteiger partial charge on any atom is -0.370 e. The zero-order valence-electron chi connectivity index (χ0n) is 10.4. The Labute approximate surface area is 112 Å². The molecule has 0 aliphatic carbocycles. The lowest BCUT2D eigenvalue weighted by molar-refractivity contribution is -0.118. The largest absolute Gasteiger partial charge is 0.370 e. The van der Waals surface area contributed by atoms with Gasteiger partial charge < -0.3 is 15.5 Å². The normalized spacial score (nSPS) is 19.1. The van der Waals surface area contributed by atoms with Crippen LogP contribution in [0.15, 0.2) is 12.4 Å². The van der Waals surface area contributed by atoms with Crippen molar-refractivity contribution in [2.45, 2.75) is 44.1 Å². The molecule has 0 fully saturated rings. The van der Waals surface area contributed by atoms with E-state index in [-0.39, 0.29) is 11.0 Å². The zero-order chi connectivity index (χ0) is 12.7. The predicted molar refractivity (Wildman–Crippen MR) is 73.2 cm³/mol. The Morgan fingerprint density at radius 1 is 1.24 bits per heavy atom. The number of rotatable bonds is 8. The van der Waals surface area contributed by atoms with Crippen LogP contribution in [0.25, 0.3) is 0 Å². The fourth-order valence-corrected chi connectivity index (χ4v) is 2.51. The second kappa shape index (κ2) is 7.58. The minimum atomic E-state index is -0.250. The standard InChI is InChI=1S/C12H22BrN3O/c1-2-3-4-5-7-15-9-10-16(12(15)13)8-6-11(14)17/h9-10,12H,2-8H2,1H3,(H2,14,17). The molecule has 0 aromatic heterocycles. The van der Waals surface area contributed by atoms with E-state index in [1.54, 1.807) is 0 Å². The van der Waals surface area contributed by atoms with Crippen LogP contribution in [-0.4, -0.2) is 33.9 Å². The number of alkyl halides is 1. The highest BCUT2D eigenvalue weighted by molar-refractivity contribution is 9.09. The first-order chi connectivity index (χ1) is 8.15. The maximum Gasteiger partial charge on any atom is 0.219 e. The van der Waals surface area contributed by atoms with E-state index in [9.17, 15) is 4.79 Å². The number of hydrogen-bond donors (Lipinski definition) is 1. The molecule has 0 aromatic rings. The third-order valence-corrected chi connectivity index (χ3v) is 3.94. The van der Waals surface area contributed by atoms with Gasteiger partial charge in [0.2, 0.25) is 5.91 Å². The number of halogens is 1. The maximum absolute atomic E-state index is 10.7. The summed E-state index contributed by atoms with van der Waals surface area (Å²) in [7, 11) is 0. The topological polar surface area (TPSA) is 49.6 Å². The predicted octanol–water partition coefficient (Wildman–Crippen LogP) is 2.21. The van der Waals surface area contributed by atoms with Gasteiger partial charge in [0.1, 0.15) is 0 Å². The SMILES string of the molecule is CCCCCCN1C=CN(CCC(N)=O)C1Br. The van der Waals surface area contributed by atoms with Gasteiger partial charge in [0.15, 0.2) is 5.08 Å². The molecular weight excluding hydrogens is 282 g/mol. The van der Waals surface area contributed by atoms with E-state index >= 15 is 0 Å². The van der Waals surface area contributed by atoms with Crippen molar-refractivity contribution >= 4 is 21.8 Å². The molecule has 1 atom stereocenters. The first-order valence-electron chi connectivity index (χ1n) is 6.27. The third kappa shape index (κ3) is 4.98. The molecule has 0 spiro atoms. The molecule has 0 saturated heterocycles. The lowest BCUT2D eigenvalue weighted by atomic mass is 10.2. The van der Waals surface area contributed by atoms with Crippen molar-refractivity contribution in [1.29, 1.82) is 0 Å². The van der Waals surface area contributed by atoms with Gasteiger partial charge in [-0.1, -0.05) is 26.2 Å². The van der Waals surface area contributed by atoms with Crippen LogP contribution >= 0.6 is 15.9 Å². The Kier molecular flexibility index (Phi) is 6.40. The van der Waals surface area contributed by atoms with Crippen molar-refractivity contribution in [1.82, 2.24) is 9.80 Å². The van der Waals surface area contributed by atoms with E-state index in [4.69, 9.17) is 5.73 Å². The van der Waals surface area contributed by atoms with Gasteiger partial charge in [-0.3, -0.25) is 4.79 Å². The van der Waals surface area contributed by atoms with E-state index in [1.165, 1.54) is 25.7 Å².